The van der Waals surface area contributed by atoms with Crippen molar-refractivity contribution >= 4 is 29.7 Å². The molecule has 4 heteroatoms. The third-order valence-corrected chi connectivity index (χ3v) is 3.03. The summed E-state index contributed by atoms with van der Waals surface area (Å²) in [7, 11) is 1.54. The molecular weight excluding hydrogens is 276 g/mol. The number of halogens is 1. The van der Waals surface area contributed by atoms with Gasteiger partial charge in [0.05, 0.1) is 12.7 Å². The maximum absolute atomic E-state index is 11.2. The van der Waals surface area contributed by atoms with Crippen molar-refractivity contribution in [3.8, 4) is 5.75 Å². The van der Waals surface area contributed by atoms with E-state index in [4.69, 9.17) is 16.3 Å². The minimum atomic E-state index is -0.974. The molecule has 0 amide bonds. The maximum atomic E-state index is 11.2. The Morgan fingerprint density at radius 3 is 2.65 bits per heavy atom. The number of carbonyl (C=O) groups is 1. The molecule has 2 aromatic rings. The molecule has 0 spiro atoms. The molecule has 20 heavy (non-hydrogen) atoms. The first-order valence-corrected chi connectivity index (χ1v) is 6.33. The number of hydrogen-bond donors (Lipinski definition) is 1. The normalized spacial score (nSPS) is 10.7. The molecule has 0 fully saturated rings. The average molecular weight is 289 g/mol. The standard InChI is InChI=1S/C16H13ClO3/c1-20-14-7-8-15(16(18)19)12(10-14)6-5-11-3-2-4-13(17)9-11/h2-10H,1H3,(H,18,19)/b6-5+. The molecule has 0 unspecified atom stereocenters. The first-order valence-electron chi connectivity index (χ1n) is 5.95. The van der Waals surface area contributed by atoms with Crippen molar-refractivity contribution in [3.63, 3.8) is 0 Å². The van der Waals surface area contributed by atoms with Crippen molar-refractivity contribution in [2.24, 2.45) is 0 Å². The quantitative estimate of drug-likeness (QED) is 0.857. The predicted molar refractivity (Wildman–Crippen MR) is 80.3 cm³/mol. The minimum Gasteiger partial charge on any atom is -0.497 e. The van der Waals surface area contributed by atoms with Gasteiger partial charge in [0, 0.05) is 5.02 Å². The molecule has 0 aliphatic heterocycles. The molecule has 0 aliphatic rings. The highest BCUT2D eigenvalue weighted by atomic mass is 35.5. The van der Waals surface area contributed by atoms with E-state index in [0.29, 0.717) is 16.3 Å². The maximum Gasteiger partial charge on any atom is 0.336 e. The molecule has 0 heterocycles. The molecule has 2 rings (SSSR count). The van der Waals surface area contributed by atoms with Gasteiger partial charge in [-0.15, -0.1) is 0 Å². The van der Waals surface area contributed by atoms with Crippen molar-refractivity contribution in [2.45, 2.75) is 0 Å². The summed E-state index contributed by atoms with van der Waals surface area (Å²) >= 11 is 5.91. The van der Waals surface area contributed by atoms with Gasteiger partial charge >= 0.3 is 5.97 Å². The van der Waals surface area contributed by atoms with Crippen LogP contribution in [0.15, 0.2) is 42.5 Å². The van der Waals surface area contributed by atoms with Crippen LogP contribution in [-0.4, -0.2) is 18.2 Å². The summed E-state index contributed by atoms with van der Waals surface area (Å²) in [6.45, 7) is 0. The second kappa shape index (κ2) is 6.26. The van der Waals surface area contributed by atoms with Gasteiger partial charge in [0.1, 0.15) is 5.75 Å². The molecule has 3 nitrogen and oxygen atoms in total. The molecule has 0 radical (unpaired) electrons. The molecule has 102 valence electrons. The zero-order chi connectivity index (χ0) is 14.5. The van der Waals surface area contributed by atoms with Crippen LogP contribution in [-0.2, 0) is 0 Å². The number of hydrogen-bond acceptors (Lipinski definition) is 2. The van der Waals surface area contributed by atoms with E-state index in [1.807, 2.05) is 18.2 Å². The highest BCUT2D eigenvalue weighted by Gasteiger charge is 2.08. The third kappa shape index (κ3) is 3.39. The van der Waals surface area contributed by atoms with E-state index in [2.05, 4.69) is 0 Å². The Balaban J connectivity index is 2.38. The Bertz CT molecular complexity index is 663. The van der Waals surface area contributed by atoms with Gasteiger partial charge in [-0.25, -0.2) is 4.79 Å². The zero-order valence-electron chi connectivity index (χ0n) is 10.8. The molecule has 1 N–H and O–H groups in total. The number of ether oxygens (including phenoxy) is 1. The molecule has 2 aromatic carbocycles. The lowest BCUT2D eigenvalue weighted by molar-refractivity contribution is 0.0696. The predicted octanol–water partition coefficient (Wildman–Crippen LogP) is 4.22. The van der Waals surface area contributed by atoms with Gasteiger partial charge in [0.15, 0.2) is 0 Å². The van der Waals surface area contributed by atoms with Gasteiger partial charge in [-0.1, -0.05) is 35.9 Å². The fourth-order valence-electron chi connectivity index (χ4n) is 1.80. The fraction of sp³-hybridized carbons (Fsp3) is 0.0625. The van der Waals surface area contributed by atoms with Crippen LogP contribution in [0.3, 0.4) is 0 Å². The summed E-state index contributed by atoms with van der Waals surface area (Å²) in [5.41, 5.74) is 1.71. The van der Waals surface area contributed by atoms with E-state index in [1.54, 1.807) is 37.5 Å². The Kier molecular flexibility index (Phi) is 4.43. The minimum absolute atomic E-state index is 0.226. The van der Waals surface area contributed by atoms with Gasteiger partial charge in [-0.2, -0.15) is 0 Å². The second-order valence-electron chi connectivity index (χ2n) is 4.15. The van der Waals surface area contributed by atoms with E-state index in [9.17, 15) is 9.90 Å². The Hall–Kier alpha value is -2.26. The van der Waals surface area contributed by atoms with Crippen molar-refractivity contribution in [1.82, 2.24) is 0 Å². The van der Waals surface area contributed by atoms with Gasteiger partial charge in [-0.05, 0) is 41.5 Å². The topological polar surface area (TPSA) is 46.5 Å². The van der Waals surface area contributed by atoms with Crippen molar-refractivity contribution in [2.75, 3.05) is 7.11 Å². The van der Waals surface area contributed by atoms with Crippen LogP contribution >= 0.6 is 11.6 Å². The molecule has 0 saturated heterocycles. The SMILES string of the molecule is COc1ccc(C(=O)O)c(/C=C/c2cccc(Cl)c2)c1. The monoisotopic (exact) mass is 288 g/mol. The van der Waals surface area contributed by atoms with Crippen LogP contribution < -0.4 is 4.74 Å². The average Bonchev–Trinajstić information content (AvgIpc) is 2.44. The van der Waals surface area contributed by atoms with Crippen LogP contribution in [0.4, 0.5) is 0 Å². The second-order valence-corrected chi connectivity index (χ2v) is 4.58. The molecular formula is C16H13ClO3. The van der Waals surface area contributed by atoms with Gasteiger partial charge in [0.2, 0.25) is 0 Å². The van der Waals surface area contributed by atoms with Gasteiger partial charge < -0.3 is 9.84 Å². The van der Waals surface area contributed by atoms with E-state index in [0.717, 1.165) is 5.56 Å². The number of aromatic carboxylic acids is 1. The van der Waals surface area contributed by atoms with Crippen LogP contribution in [0.25, 0.3) is 12.2 Å². The Morgan fingerprint density at radius 2 is 2.00 bits per heavy atom. The highest BCUT2D eigenvalue weighted by Crippen LogP contribution is 2.21. The first kappa shape index (κ1) is 14.2. The van der Waals surface area contributed by atoms with Crippen molar-refractivity contribution in [3.05, 3.63) is 64.2 Å². The summed E-state index contributed by atoms with van der Waals surface area (Å²) < 4.78 is 5.11. The van der Waals surface area contributed by atoms with Crippen LogP contribution in [0.2, 0.25) is 5.02 Å². The van der Waals surface area contributed by atoms with Gasteiger partial charge in [-0.3, -0.25) is 0 Å². The van der Waals surface area contributed by atoms with E-state index < -0.39 is 5.97 Å². The van der Waals surface area contributed by atoms with Crippen LogP contribution in [0.5, 0.6) is 5.75 Å². The number of methoxy groups -OCH3 is 1. The molecule has 0 saturated carbocycles. The van der Waals surface area contributed by atoms with E-state index in [-0.39, 0.29) is 5.56 Å². The largest absolute Gasteiger partial charge is 0.497 e. The summed E-state index contributed by atoms with van der Waals surface area (Å²) in [6, 6.07) is 12.2. The van der Waals surface area contributed by atoms with Crippen molar-refractivity contribution in [1.29, 1.82) is 0 Å². The number of rotatable bonds is 4. The molecule has 0 bridgehead atoms. The molecule has 0 aliphatic carbocycles. The molecule has 0 aromatic heterocycles. The summed E-state index contributed by atoms with van der Waals surface area (Å²) in [5.74, 6) is -0.362. The lowest BCUT2D eigenvalue weighted by atomic mass is 10.1. The molecule has 0 atom stereocenters. The smallest absolute Gasteiger partial charge is 0.336 e. The summed E-state index contributed by atoms with van der Waals surface area (Å²) in [6.07, 6.45) is 3.55. The zero-order valence-corrected chi connectivity index (χ0v) is 11.6. The Labute approximate surface area is 122 Å². The van der Waals surface area contributed by atoms with Crippen LogP contribution in [0, 0.1) is 0 Å². The van der Waals surface area contributed by atoms with Crippen LogP contribution in [0.1, 0.15) is 21.5 Å². The van der Waals surface area contributed by atoms with E-state index in [1.165, 1.54) is 6.07 Å². The summed E-state index contributed by atoms with van der Waals surface area (Å²) in [4.78, 5) is 11.2. The lowest BCUT2D eigenvalue weighted by Crippen LogP contribution is -1.99. The van der Waals surface area contributed by atoms with Crippen molar-refractivity contribution < 1.29 is 14.6 Å². The number of carboxylic acid groups (broad SMARTS) is 1. The first-order chi connectivity index (χ1) is 9.60. The van der Waals surface area contributed by atoms with Gasteiger partial charge in [0.25, 0.3) is 0 Å². The number of carboxylic acids is 1. The third-order valence-electron chi connectivity index (χ3n) is 2.79. The lowest BCUT2D eigenvalue weighted by Gasteiger charge is -2.05. The van der Waals surface area contributed by atoms with E-state index >= 15 is 0 Å². The highest BCUT2D eigenvalue weighted by molar-refractivity contribution is 6.30. The Morgan fingerprint density at radius 1 is 1.20 bits per heavy atom. The number of benzene rings is 2. The summed E-state index contributed by atoms with van der Waals surface area (Å²) in [5, 5.41) is 9.81. The fourth-order valence-corrected chi connectivity index (χ4v) is 2.00.